The fourth-order valence-electron chi connectivity index (χ4n) is 4.20. The minimum atomic E-state index is -3.79. The summed E-state index contributed by atoms with van der Waals surface area (Å²) in [4.78, 5) is 12.9. The molecule has 39 heavy (non-hydrogen) atoms. The maximum atomic E-state index is 13.5. The van der Waals surface area contributed by atoms with Crippen molar-refractivity contribution in [3.05, 3.63) is 126 Å². The lowest BCUT2D eigenvalue weighted by Crippen LogP contribution is -2.30. The molecule has 0 heterocycles. The first kappa shape index (κ1) is 27.9. The van der Waals surface area contributed by atoms with Crippen LogP contribution in [0.2, 0.25) is 0 Å². The van der Waals surface area contributed by atoms with Crippen molar-refractivity contribution in [3.8, 4) is 5.75 Å². The van der Waals surface area contributed by atoms with Gasteiger partial charge >= 0.3 is 0 Å². The predicted octanol–water partition coefficient (Wildman–Crippen LogP) is 6.19. The molecule has 0 fully saturated rings. The van der Waals surface area contributed by atoms with Gasteiger partial charge in [-0.05, 0) is 59.0 Å². The summed E-state index contributed by atoms with van der Waals surface area (Å²) in [5, 5.41) is 2.89. The second-order valence-corrected chi connectivity index (χ2v) is 12.1. The van der Waals surface area contributed by atoms with Gasteiger partial charge in [0.25, 0.3) is 15.9 Å². The number of hydrogen-bond acceptors (Lipinski definition) is 4. The van der Waals surface area contributed by atoms with Crippen molar-refractivity contribution in [1.82, 2.24) is 5.32 Å². The lowest BCUT2D eigenvalue weighted by Gasteiger charge is -2.25. The highest BCUT2D eigenvalue weighted by atomic mass is 32.2. The summed E-state index contributed by atoms with van der Waals surface area (Å²) in [5.74, 6) is 0.600. The van der Waals surface area contributed by atoms with Gasteiger partial charge in [0.15, 0.2) is 0 Å². The van der Waals surface area contributed by atoms with Gasteiger partial charge in [-0.1, -0.05) is 87.5 Å². The topological polar surface area (TPSA) is 75.7 Å². The van der Waals surface area contributed by atoms with E-state index in [1.165, 1.54) is 4.31 Å². The summed E-state index contributed by atoms with van der Waals surface area (Å²) in [7, 11) is -3.79. The minimum Gasteiger partial charge on any atom is -0.491 e. The third-order valence-corrected chi connectivity index (χ3v) is 8.05. The molecule has 0 aliphatic rings. The van der Waals surface area contributed by atoms with Crippen LogP contribution in [0, 0.1) is 0 Å². The summed E-state index contributed by atoms with van der Waals surface area (Å²) in [6, 6.07) is 32.3. The zero-order chi connectivity index (χ0) is 27.9. The van der Waals surface area contributed by atoms with Gasteiger partial charge in [-0.25, -0.2) is 8.42 Å². The van der Waals surface area contributed by atoms with Gasteiger partial charge in [0.1, 0.15) is 12.4 Å². The Kier molecular flexibility index (Phi) is 8.72. The van der Waals surface area contributed by atoms with Crippen LogP contribution in [-0.4, -0.2) is 27.5 Å². The lowest BCUT2D eigenvalue weighted by molar-refractivity contribution is 0.0946. The number of amides is 1. The third-order valence-electron chi connectivity index (χ3n) is 6.26. The first-order valence-electron chi connectivity index (χ1n) is 12.9. The molecule has 0 unspecified atom stereocenters. The van der Waals surface area contributed by atoms with E-state index in [2.05, 4.69) is 32.2 Å². The van der Waals surface area contributed by atoms with Gasteiger partial charge in [0.05, 0.1) is 23.7 Å². The van der Waals surface area contributed by atoms with Crippen molar-refractivity contribution >= 4 is 21.6 Å². The summed E-state index contributed by atoms with van der Waals surface area (Å²) in [5.41, 5.74) is 2.89. The van der Waals surface area contributed by atoms with E-state index >= 15 is 0 Å². The molecule has 0 radical (unpaired) electrons. The molecule has 4 aromatic rings. The van der Waals surface area contributed by atoms with E-state index in [1.807, 2.05) is 36.4 Å². The van der Waals surface area contributed by atoms with Crippen LogP contribution in [0.4, 0.5) is 5.69 Å². The smallest absolute Gasteiger partial charge is 0.264 e. The summed E-state index contributed by atoms with van der Waals surface area (Å²) < 4.78 is 34.3. The predicted molar refractivity (Wildman–Crippen MR) is 156 cm³/mol. The molecule has 0 spiro atoms. The van der Waals surface area contributed by atoms with Crippen molar-refractivity contribution in [2.75, 3.05) is 17.5 Å². The molecule has 202 valence electrons. The monoisotopic (exact) mass is 542 g/mol. The van der Waals surface area contributed by atoms with E-state index in [0.29, 0.717) is 24.4 Å². The van der Waals surface area contributed by atoms with Gasteiger partial charge in [0.2, 0.25) is 0 Å². The van der Waals surface area contributed by atoms with E-state index in [1.54, 1.807) is 66.7 Å². The third kappa shape index (κ3) is 7.06. The number of nitrogens with zero attached hydrogens (tertiary/aromatic N) is 1. The molecule has 0 saturated heterocycles. The molecule has 0 aliphatic heterocycles. The average molecular weight is 543 g/mol. The lowest BCUT2D eigenvalue weighted by atomic mass is 9.86. The van der Waals surface area contributed by atoms with E-state index in [-0.39, 0.29) is 22.8 Å². The number of benzene rings is 4. The number of rotatable bonds is 10. The largest absolute Gasteiger partial charge is 0.491 e. The van der Waals surface area contributed by atoms with Crippen LogP contribution in [0.1, 0.15) is 42.3 Å². The number of sulfonamides is 1. The second kappa shape index (κ2) is 12.2. The van der Waals surface area contributed by atoms with Crippen molar-refractivity contribution < 1.29 is 17.9 Å². The van der Waals surface area contributed by atoms with Crippen molar-refractivity contribution in [2.45, 2.75) is 37.6 Å². The number of hydrogen-bond donors (Lipinski definition) is 1. The second-order valence-electron chi connectivity index (χ2n) is 10.2. The molecule has 0 saturated carbocycles. The quantitative estimate of drug-likeness (QED) is 0.243. The van der Waals surface area contributed by atoms with Gasteiger partial charge in [-0.15, -0.1) is 0 Å². The van der Waals surface area contributed by atoms with E-state index in [4.69, 9.17) is 4.74 Å². The van der Waals surface area contributed by atoms with Gasteiger partial charge < -0.3 is 10.1 Å². The molecular weight excluding hydrogens is 508 g/mol. The number of anilines is 1. The SMILES string of the molecule is CC(C)(C)c1ccccc1OCCNC(=O)c1ccc(CN(c2ccccc2)S(=O)(=O)c2ccccc2)cc1. The van der Waals surface area contributed by atoms with Crippen molar-refractivity contribution in [1.29, 1.82) is 0 Å². The fourth-order valence-corrected chi connectivity index (χ4v) is 5.67. The molecule has 0 aromatic heterocycles. The Labute approximate surface area is 231 Å². The molecule has 7 heteroatoms. The van der Waals surface area contributed by atoms with Crippen LogP contribution in [0.25, 0.3) is 0 Å². The standard InChI is InChI=1S/C32H34N2O4S/c1-32(2,3)29-16-10-11-17-30(29)38-23-22-33-31(35)26-20-18-25(19-21-26)24-34(27-12-6-4-7-13-27)39(36,37)28-14-8-5-9-15-28/h4-21H,22-24H2,1-3H3,(H,33,35). The zero-order valence-electron chi connectivity index (χ0n) is 22.5. The Balaban J connectivity index is 1.40. The van der Waals surface area contributed by atoms with E-state index < -0.39 is 10.0 Å². The summed E-state index contributed by atoms with van der Waals surface area (Å²) >= 11 is 0. The van der Waals surface area contributed by atoms with Crippen LogP contribution in [0.15, 0.2) is 114 Å². The number of carbonyl (C=O) groups is 1. The first-order chi connectivity index (χ1) is 18.7. The highest BCUT2D eigenvalue weighted by Gasteiger charge is 2.25. The minimum absolute atomic E-state index is 0.0435. The van der Waals surface area contributed by atoms with E-state index in [9.17, 15) is 13.2 Å². The summed E-state index contributed by atoms with van der Waals surface area (Å²) in [6.07, 6.45) is 0. The van der Waals surface area contributed by atoms with Crippen LogP contribution in [0.3, 0.4) is 0 Å². The fraction of sp³-hybridized carbons (Fsp3) is 0.219. The Hall–Kier alpha value is -4.10. The van der Waals surface area contributed by atoms with Crippen molar-refractivity contribution in [2.24, 2.45) is 0 Å². The molecular formula is C32H34N2O4S. The first-order valence-corrected chi connectivity index (χ1v) is 14.3. The molecule has 1 N–H and O–H groups in total. The highest BCUT2D eigenvalue weighted by Crippen LogP contribution is 2.31. The molecule has 6 nitrogen and oxygen atoms in total. The zero-order valence-corrected chi connectivity index (χ0v) is 23.3. The summed E-state index contributed by atoms with van der Waals surface area (Å²) in [6.45, 7) is 7.24. The molecule has 4 aromatic carbocycles. The Morgan fingerprint density at radius 2 is 1.38 bits per heavy atom. The Morgan fingerprint density at radius 3 is 2.03 bits per heavy atom. The van der Waals surface area contributed by atoms with Gasteiger partial charge in [-0.2, -0.15) is 0 Å². The number of ether oxygens (including phenoxy) is 1. The van der Waals surface area contributed by atoms with Crippen LogP contribution in [-0.2, 0) is 22.0 Å². The maximum absolute atomic E-state index is 13.5. The molecule has 0 aliphatic carbocycles. The van der Waals surface area contributed by atoms with Crippen LogP contribution < -0.4 is 14.4 Å². The normalized spacial score (nSPS) is 11.6. The number of carbonyl (C=O) groups excluding carboxylic acids is 1. The average Bonchev–Trinajstić information content (AvgIpc) is 2.95. The molecule has 0 atom stereocenters. The van der Waals surface area contributed by atoms with Crippen LogP contribution >= 0.6 is 0 Å². The molecule has 1 amide bonds. The number of para-hydroxylation sites is 2. The Morgan fingerprint density at radius 1 is 0.795 bits per heavy atom. The molecule has 4 rings (SSSR count). The Bertz CT molecular complexity index is 1480. The van der Waals surface area contributed by atoms with Gasteiger partial charge in [-0.3, -0.25) is 9.10 Å². The van der Waals surface area contributed by atoms with Gasteiger partial charge in [0, 0.05) is 5.56 Å². The maximum Gasteiger partial charge on any atom is 0.264 e. The van der Waals surface area contributed by atoms with Crippen molar-refractivity contribution in [3.63, 3.8) is 0 Å². The van der Waals surface area contributed by atoms with E-state index in [0.717, 1.165) is 16.9 Å². The highest BCUT2D eigenvalue weighted by molar-refractivity contribution is 7.92. The number of nitrogens with one attached hydrogen (secondary N) is 1. The molecule has 0 bridgehead atoms. The van der Waals surface area contributed by atoms with Crippen LogP contribution in [0.5, 0.6) is 5.75 Å².